The Labute approximate surface area is 160 Å². The molecule has 1 amide bonds. The molecule has 2 aromatic carbocycles. The molecule has 0 aliphatic heterocycles. The third kappa shape index (κ3) is 3.37. The monoisotopic (exact) mass is 388 g/mol. The molecule has 0 aliphatic rings. The van der Waals surface area contributed by atoms with Gasteiger partial charge < -0.3 is 14.0 Å². The lowest BCUT2D eigenvalue weighted by atomic mass is 10.2. The number of ether oxygens (including phenoxy) is 2. The molecule has 136 valence electrons. The molecule has 0 atom stereocenters. The summed E-state index contributed by atoms with van der Waals surface area (Å²) in [7, 11) is 3.27. The molecular formula is C19H20N2O3S2. The zero-order valence-corrected chi connectivity index (χ0v) is 16.7. The van der Waals surface area contributed by atoms with Gasteiger partial charge >= 0.3 is 0 Å². The molecule has 0 saturated heterocycles. The molecule has 5 nitrogen and oxygen atoms in total. The standard InChI is InChI=1S/C19H20N2O3S2/c1-5-21-16-14(23-2)9-10-15(24-3)17(16)26-19(21)20-18(22)12-7-6-8-13(11-12)25-4/h6-11H,5H2,1-4H3. The van der Waals surface area contributed by atoms with E-state index < -0.39 is 0 Å². The minimum Gasteiger partial charge on any atom is -0.495 e. The van der Waals surface area contributed by atoms with Crippen molar-refractivity contribution in [3.63, 3.8) is 0 Å². The van der Waals surface area contributed by atoms with Crippen LogP contribution in [0.1, 0.15) is 17.3 Å². The number of thiazole rings is 1. The number of nitrogens with zero attached hydrogens (tertiary/aromatic N) is 2. The van der Waals surface area contributed by atoms with Gasteiger partial charge in [0.15, 0.2) is 4.80 Å². The zero-order chi connectivity index (χ0) is 18.7. The van der Waals surface area contributed by atoms with Crippen LogP contribution < -0.4 is 14.3 Å². The van der Waals surface area contributed by atoms with Gasteiger partial charge in [-0.3, -0.25) is 4.79 Å². The highest BCUT2D eigenvalue weighted by Gasteiger charge is 2.16. The highest BCUT2D eigenvalue weighted by molar-refractivity contribution is 7.98. The van der Waals surface area contributed by atoms with Gasteiger partial charge in [0.05, 0.1) is 14.2 Å². The molecule has 0 unspecified atom stereocenters. The lowest BCUT2D eigenvalue weighted by molar-refractivity contribution is 0.0997. The van der Waals surface area contributed by atoms with Gasteiger partial charge in [0, 0.05) is 17.0 Å². The number of fused-ring (bicyclic) bond motifs is 1. The lowest BCUT2D eigenvalue weighted by Crippen LogP contribution is -2.16. The average Bonchev–Trinajstić information content (AvgIpc) is 3.05. The molecule has 0 radical (unpaired) electrons. The van der Waals surface area contributed by atoms with E-state index in [1.54, 1.807) is 32.0 Å². The summed E-state index contributed by atoms with van der Waals surface area (Å²) in [6, 6.07) is 11.2. The summed E-state index contributed by atoms with van der Waals surface area (Å²) in [4.78, 5) is 18.7. The Hall–Kier alpha value is -2.25. The zero-order valence-electron chi connectivity index (χ0n) is 15.1. The van der Waals surface area contributed by atoms with Crippen molar-refractivity contribution in [2.45, 2.75) is 18.4 Å². The fourth-order valence-corrected chi connectivity index (χ4v) is 4.40. The third-order valence-corrected chi connectivity index (χ3v) is 5.84. The van der Waals surface area contributed by atoms with Crippen molar-refractivity contribution in [3.8, 4) is 11.5 Å². The van der Waals surface area contributed by atoms with Crippen LogP contribution in [0.15, 0.2) is 46.3 Å². The first-order valence-corrected chi connectivity index (χ1v) is 10.1. The summed E-state index contributed by atoms with van der Waals surface area (Å²) >= 11 is 3.03. The van der Waals surface area contributed by atoms with E-state index in [-0.39, 0.29) is 5.91 Å². The molecule has 0 saturated carbocycles. The quantitative estimate of drug-likeness (QED) is 0.615. The van der Waals surface area contributed by atoms with Crippen molar-refractivity contribution in [1.29, 1.82) is 0 Å². The molecular weight excluding hydrogens is 368 g/mol. The van der Waals surface area contributed by atoms with Gasteiger partial charge in [-0.15, -0.1) is 11.8 Å². The van der Waals surface area contributed by atoms with Gasteiger partial charge in [0.1, 0.15) is 21.7 Å². The van der Waals surface area contributed by atoms with Crippen LogP contribution in [0.4, 0.5) is 0 Å². The van der Waals surface area contributed by atoms with E-state index in [0.717, 1.165) is 26.6 Å². The van der Waals surface area contributed by atoms with E-state index in [9.17, 15) is 4.79 Å². The number of aryl methyl sites for hydroxylation is 1. The Morgan fingerprint density at radius 2 is 1.92 bits per heavy atom. The SMILES string of the molecule is CCn1c(=NC(=O)c2cccc(SC)c2)sc2c(OC)ccc(OC)c21. The summed E-state index contributed by atoms with van der Waals surface area (Å²) in [5, 5.41) is 0. The van der Waals surface area contributed by atoms with Gasteiger partial charge in [-0.05, 0) is 43.5 Å². The smallest absolute Gasteiger partial charge is 0.279 e. The number of benzene rings is 2. The fraction of sp³-hybridized carbons (Fsp3) is 0.263. The molecule has 26 heavy (non-hydrogen) atoms. The van der Waals surface area contributed by atoms with Crippen LogP contribution in [-0.4, -0.2) is 30.9 Å². The number of carbonyl (C=O) groups excluding carboxylic acids is 1. The number of hydrogen-bond donors (Lipinski definition) is 0. The topological polar surface area (TPSA) is 52.8 Å². The highest BCUT2D eigenvalue weighted by Crippen LogP contribution is 2.35. The first-order chi connectivity index (χ1) is 12.6. The molecule has 7 heteroatoms. The Morgan fingerprint density at radius 3 is 2.58 bits per heavy atom. The molecule has 3 rings (SSSR count). The largest absolute Gasteiger partial charge is 0.495 e. The Kier molecular flexibility index (Phi) is 5.68. The maximum Gasteiger partial charge on any atom is 0.279 e. The van der Waals surface area contributed by atoms with Crippen LogP contribution in [0.5, 0.6) is 11.5 Å². The second kappa shape index (κ2) is 7.97. The van der Waals surface area contributed by atoms with Crippen molar-refractivity contribution >= 4 is 39.2 Å². The molecule has 0 N–H and O–H groups in total. The van der Waals surface area contributed by atoms with Crippen LogP contribution in [0.3, 0.4) is 0 Å². The minimum atomic E-state index is -0.257. The Bertz CT molecular complexity index is 1020. The first kappa shape index (κ1) is 18.5. The van der Waals surface area contributed by atoms with E-state index in [2.05, 4.69) is 4.99 Å². The van der Waals surface area contributed by atoms with Gasteiger partial charge in [0.2, 0.25) is 0 Å². The second-order valence-corrected chi connectivity index (χ2v) is 7.28. The number of thioether (sulfide) groups is 1. The van der Waals surface area contributed by atoms with Crippen LogP contribution in [0.25, 0.3) is 10.2 Å². The minimum absolute atomic E-state index is 0.257. The molecule has 1 aromatic heterocycles. The number of aromatic nitrogens is 1. The van der Waals surface area contributed by atoms with E-state index in [1.807, 2.05) is 48.1 Å². The summed E-state index contributed by atoms with van der Waals surface area (Å²) in [6.45, 7) is 2.68. The van der Waals surface area contributed by atoms with E-state index in [0.29, 0.717) is 16.9 Å². The van der Waals surface area contributed by atoms with Gasteiger partial charge in [-0.1, -0.05) is 17.4 Å². The predicted molar refractivity (Wildman–Crippen MR) is 107 cm³/mol. The van der Waals surface area contributed by atoms with Crippen molar-refractivity contribution in [2.75, 3.05) is 20.5 Å². The van der Waals surface area contributed by atoms with Crippen molar-refractivity contribution < 1.29 is 14.3 Å². The normalized spacial score (nSPS) is 11.8. The number of hydrogen-bond acceptors (Lipinski definition) is 5. The highest BCUT2D eigenvalue weighted by atomic mass is 32.2. The van der Waals surface area contributed by atoms with E-state index >= 15 is 0 Å². The molecule has 0 bridgehead atoms. The number of carbonyl (C=O) groups is 1. The van der Waals surface area contributed by atoms with E-state index in [4.69, 9.17) is 9.47 Å². The van der Waals surface area contributed by atoms with Gasteiger partial charge in [-0.25, -0.2) is 0 Å². The Balaban J connectivity index is 2.20. The van der Waals surface area contributed by atoms with E-state index in [1.165, 1.54) is 11.3 Å². The Morgan fingerprint density at radius 1 is 1.19 bits per heavy atom. The maximum absolute atomic E-state index is 12.7. The third-order valence-electron chi connectivity index (χ3n) is 4.02. The summed E-state index contributed by atoms with van der Waals surface area (Å²) in [5.41, 5.74) is 1.47. The molecule has 0 spiro atoms. The van der Waals surface area contributed by atoms with Gasteiger partial charge in [-0.2, -0.15) is 4.99 Å². The second-order valence-electron chi connectivity index (χ2n) is 5.43. The summed E-state index contributed by atoms with van der Waals surface area (Å²) in [6.07, 6.45) is 1.98. The van der Waals surface area contributed by atoms with Crippen LogP contribution in [0.2, 0.25) is 0 Å². The first-order valence-electron chi connectivity index (χ1n) is 8.10. The summed E-state index contributed by atoms with van der Waals surface area (Å²) < 4.78 is 13.9. The maximum atomic E-state index is 12.7. The fourth-order valence-electron chi connectivity index (χ4n) is 2.74. The number of amides is 1. The number of rotatable bonds is 5. The summed E-state index contributed by atoms with van der Waals surface area (Å²) in [5.74, 6) is 1.22. The predicted octanol–water partition coefficient (Wildman–Crippen LogP) is 4.20. The molecule has 0 fully saturated rings. The average molecular weight is 389 g/mol. The van der Waals surface area contributed by atoms with Gasteiger partial charge in [0.25, 0.3) is 5.91 Å². The molecule has 0 aliphatic carbocycles. The molecule has 3 aromatic rings. The molecule has 1 heterocycles. The van der Waals surface area contributed by atoms with Crippen LogP contribution >= 0.6 is 23.1 Å². The van der Waals surface area contributed by atoms with Crippen molar-refractivity contribution in [1.82, 2.24) is 4.57 Å². The van der Waals surface area contributed by atoms with Crippen LogP contribution in [-0.2, 0) is 6.54 Å². The van der Waals surface area contributed by atoms with Crippen molar-refractivity contribution in [2.24, 2.45) is 4.99 Å². The number of methoxy groups -OCH3 is 2. The lowest BCUT2D eigenvalue weighted by Gasteiger charge is -2.08. The van der Waals surface area contributed by atoms with Crippen LogP contribution in [0, 0.1) is 0 Å². The van der Waals surface area contributed by atoms with Crippen molar-refractivity contribution in [3.05, 3.63) is 46.8 Å².